The Bertz CT molecular complexity index is 164. The summed E-state index contributed by atoms with van der Waals surface area (Å²) in [4.78, 5) is 0. The third-order valence-electron chi connectivity index (χ3n) is 4.27. The molecule has 0 aromatic heterocycles. The maximum Gasteiger partial charge on any atom is 0.0157 e. The lowest BCUT2D eigenvalue weighted by Crippen LogP contribution is -2.43. The van der Waals surface area contributed by atoms with E-state index in [-0.39, 0.29) is 5.54 Å². The second-order valence-electron chi connectivity index (χ2n) is 5.63. The molecule has 0 saturated heterocycles. The fraction of sp³-hybridized carbons (Fsp3) is 1.00. The Kier molecular flexibility index (Phi) is 3.48. The van der Waals surface area contributed by atoms with Crippen LogP contribution in [0.5, 0.6) is 0 Å². The molecule has 2 N–H and O–H groups in total. The standard InChI is InChI=1S/C13H25N/c14-13(11-12-7-6-8-12)9-4-2-1-3-5-10-13/h12H,1-11,14H2. The van der Waals surface area contributed by atoms with Crippen LogP contribution < -0.4 is 5.73 Å². The molecular formula is C13H25N. The third-order valence-corrected chi connectivity index (χ3v) is 4.27. The molecule has 2 fully saturated rings. The van der Waals surface area contributed by atoms with Gasteiger partial charge in [0.2, 0.25) is 0 Å². The average molecular weight is 195 g/mol. The van der Waals surface area contributed by atoms with Crippen molar-refractivity contribution >= 4 is 0 Å². The van der Waals surface area contributed by atoms with Crippen LogP contribution in [0.4, 0.5) is 0 Å². The third kappa shape index (κ3) is 2.73. The molecule has 0 heterocycles. The molecule has 0 atom stereocenters. The van der Waals surface area contributed by atoms with Gasteiger partial charge in [-0.25, -0.2) is 0 Å². The minimum absolute atomic E-state index is 0.228. The predicted octanol–water partition coefficient (Wildman–Crippen LogP) is 3.62. The molecule has 2 rings (SSSR count). The molecule has 82 valence electrons. The van der Waals surface area contributed by atoms with Crippen molar-refractivity contribution in [2.24, 2.45) is 11.7 Å². The maximum absolute atomic E-state index is 6.54. The lowest BCUT2D eigenvalue weighted by atomic mass is 9.72. The molecule has 0 radical (unpaired) electrons. The fourth-order valence-electron chi connectivity index (χ4n) is 3.09. The lowest BCUT2D eigenvalue weighted by Gasteiger charge is -2.38. The van der Waals surface area contributed by atoms with E-state index in [4.69, 9.17) is 5.73 Å². The highest BCUT2D eigenvalue weighted by atomic mass is 14.7. The number of hydrogen-bond donors (Lipinski definition) is 1. The molecule has 0 spiro atoms. The molecule has 0 unspecified atom stereocenters. The molecule has 2 aliphatic carbocycles. The van der Waals surface area contributed by atoms with Crippen LogP contribution in [0, 0.1) is 5.92 Å². The molecule has 0 aromatic carbocycles. The minimum atomic E-state index is 0.228. The lowest BCUT2D eigenvalue weighted by molar-refractivity contribution is 0.194. The van der Waals surface area contributed by atoms with Crippen LogP contribution >= 0.6 is 0 Å². The van der Waals surface area contributed by atoms with E-state index in [1.54, 1.807) is 0 Å². The van der Waals surface area contributed by atoms with E-state index < -0.39 is 0 Å². The molecule has 14 heavy (non-hydrogen) atoms. The number of hydrogen-bond acceptors (Lipinski definition) is 1. The summed E-state index contributed by atoms with van der Waals surface area (Å²) < 4.78 is 0. The van der Waals surface area contributed by atoms with E-state index in [1.807, 2.05) is 0 Å². The molecule has 0 aromatic rings. The number of nitrogens with two attached hydrogens (primary N) is 1. The summed E-state index contributed by atoms with van der Waals surface area (Å²) in [6.45, 7) is 0. The molecule has 2 saturated carbocycles. The quantitative estimate of drug-likeness (QED) is 0.715. The van der Waals surface area contributed by atoms with E-state index in [1.165, 1.54) is 70.6 Å². The average Bonchev–Trinajstić information content (AvgIpc) is 2.06. The summed E-state index contributed by atoms with van der Waals surface area (Å²) in [6.07, 6.45) is 15.3. The largest absolute Gasteiger partial charge is 0.325 e. The second-order valence-corrected chi connectivity index (χ2v) is 5.63. The van der Waals surface area contributed by atoms with Gasteiger partial charge in [0.1, 0.15) is 0 Å². The van der Waals surface area contributed by atoms with E-state index in [0.29, 0.717) is 0 Å². The van der Waals surface area contributed by atoms with Crippen molar-refractivity contribution in [2.75, 3.05) is 0 Å². The Morgan fingerprint density at radius 2 is 1.43 bits per heavy atom. The van der Waals surface area contributed by atoms with Crippen LogP contribution in [0.1, 0.15) is 70.6 Å². The van der Waals surface area contributed by atoms with E-state index in [0.717, 1.165) is 5.92 Å². The van der Waals surface area contributed by atoms with Gasteiger partial charge in [-0.2, -0.15) is 0 Å². The van der Waals surface area contributed by atoms with Crippen molar-refractivity contribution in [3.05, 3.63) is 0 Å². The zero-order valence-corrected chi connectivity index (χ0v) is 9.43. The Balaban J connectivity index is 1.82. The van der Waals surface area contributed by atoms with E-state index >= 15 is 0 Å². The van der Waals surface area contributed by atoms with Crippen molar-refractivity contribution in [3.63, 3.8) is 0 Å². The summed E-state index contributed by atoms with van der Waals surface area (Å²) in [5.74, 6) is 0.986. The summed E-state index contributed by atoms with van der Waals surface area (Å²) >= 11 is 0. The Hall–Kier alpha value is -0.0400. The van der Waals surface area contributed by atoms with Crippen molar-refractivity contribution in [1.29, 1.82) is 0 Å². The SMILES string of the molecule is NC1(CC2CCC2)CCCCCCC1. The van der Waals surface area contributed by atoms with Crippen LogP contribution in [-0.4, -0.2) is 5.54 Å². The highest BCUT2D eigenvalue weighted by molar-refractivity contribution is 4.89. The molecule has 2 aliphatic rings. The molecular weight excluding hydrogens is 170 g/mol. The van der Waals surface area contributed by atoms with E-state index in [9.17, 15) is 0 Å². The molecule has 1 nitrogen and oxygen atoms in total. The van der Waals surface area contributed by atoms with Crippen molar-refractivity contribution in [1.82, 2.24) is 0 Å². The summed E-state index contributed by atoms with van der Waals surface area (Å²) in [5, 5.41) is 0. The van der Waals surface area contributed by atoms with Crippen LogP contribution in [-0.2, 0) is 0 Å². The zero-order valence-electron chi connectivity index (χ0n) is 9.43. The highest BCUT2D eigenvalue weighted by Gasteiger charge is 2.31. The van der Waals surface area contributed by atoms with Gasteiger partial charge in [0.05, 0.1) is 0 Å². The van der Waals surface area contributed by atoms with Gasteiger partial charge >= 0.3 is 0 Å². The summed E-state index contributed by atoms with van der Waals surface area (Å²) in [7, 11) is 0. The monoisotopic (exact) mass is 195 g/mol. The van der Waals surface area contributed by atoms with Crippen LogP contribution in [0.2, 0.25) is 0 Å². The van der Waals surface area contributed by atoms with Crippen molar-refractivity contribution in [3.8, 4) is 0 Å². The highest BCUT2D eigenvalue weighted by Crippen LogP contribution is 2.37. The first-order chi connectivity index (χ1) is 6.79. The Morgan fingerprint density at radius 3 is 1.93 bits per heavy atom. The first kappa shape index (κ1) is 10.5. The van der Waals surface area contributed by atoms with Gasteiger partial charge in [-0.1, -0.05) is 51.4 Å². The van der Waals surface area contributed by atoms with Gasteiger partial charge in [0, 0.05) is 5.54 Å². The summed E-state index contributed by atoms with van der Waals surface area (Å²) in [6, 6.07) is 0. The Labute approximate surface area is 88.4 Å². The van der Waals surface area contributed by atoms with Crippen LogP contribution in [0.3, 0.4) is 0 Å². The van der Waals surface area contributed by atoms with Crippen molar-refractivity contribution < 1.29 is 0 Å². The topological polar surface area (TPSA) is 26.0 Å². The van der Waals surface area contributed by atoms with Gasteiger partial charge in [0.15, 0.2) is 0 Å². The predicted molar refractivity (Wildman–Crippen MR) is 61.2 cm³/mol. The molecule has 1 heteroatoms. The molecule has 0 aliphatic heterocycles. The smallest absolute Gasteiger partial charge is 0.0157 e. The second kappa shape index (κ2) is 4.65. The Morgan fingerprint density at radius 1 is 0.857 bits per heavy atom. The number of rotatable bonds is 2. The van der Waals surface area contributed by atoms with Gasteiger partial charge < -0.3 is 5.73 Å². The normalized spacial score (nSPS) is 28.9. The fourth-order valence-corrected chi connectivity index (χ4v) is 3.09. The molecule has 0 amide bonds. The van der Waals surface area contributed by atoms with Crippen LogP contribution in [0.15, 0.2) is 0 Å². The van der Waals surface area contributed by atoms with E-state index in [2.05, 4.69) is 0 Å². The van der Waals surface area contributed by atoms with Gasteiger partial charge in [0.25, 0.3) is 0 Å². The van der Waals surface area contributed by atoms with Crippen molar-refractivity contribution in [2.45, 2.75) is 76.2 Å². The summed E-state index contributed by atoms with van der Waals surface area (Å²) in [5.41, 5.74) is 6.77. The van der Waals surface area contributed by atoms with Gasteiger partial charge in [-0.15, -0.1) is 0 Å². The maximum atomic E-state index is 6.54. The first-order valence-corrected chi connectivity index (χ1v) is 6.57. The minimum Gasteiger partial charge on any atom is -0.325 e. The first-order valence-electron chi connectivity index (χ1n) is 6.57. The van der Waals surface area contributed by atoms with Gasteiger partial charge in [-0.05, 0) is 25.2 Å². The van der Waals surface area contributed by atoms with Gasteiger partial charge in [-0.3, -0.25) is 0 Å². The molecule has 0 bridgehead atoms. The zero-order chi connectivity index (χ0) is 9.86. The van der Waals surface area contributed by atoms with Crippen LogP contribution in [0.25, 0.3) is 0 Å².